The van der Waals surface area contributed by atoms with E-state index in [1.165, 1.54) is 16.8 Å². The van der Waals surface area contributed by atoms with Crippen molar-refractivity contribution in [2.45, 2.75) is 13.8 Å². The largest absolute Gasteiger partial charge is 0.362 e. The predicted molar refractivity (Wildman–Crippen MR) is 86.1 cm³/mol. The van der Waals surface area contributed by atoms with E-state index in [1.54, 1.807) is 18.3 Å². The summed E-state index contributed by atoms with van der Waals surface area (Å²) in [6.45, 7) is 3.95. The lowest BCUT2D eigenvalue weighted by Gasteiger charge is -2.01. The van der Waals surface area contributed by atoms with E-state index in [-0.39, 0.29) is 5.82 Å². The van der Waals surface area contributed by atoms with E-state index in [0.717, 1.165) is 17.0 Å². The lowest BCUT2D eigenvalue weighted by Crippen LogP contribution is -1.95. The van der Waals surface area contributed by atoms with E-state index in [9.17, 15) is 4.39 Å². The van der Waals surface area contributed by atoms with Gasteiger partial charge in [-0.05, 0) is 44.3 Å². The van der Waals surface area contributed by atoms with Gasteiger partial charge >= 0.3 is 0 Å². The molecule has 2 aromatic heterocycles. The van der Waals surface area contributed by atoms with Gasteiger partial charge in [-0.15, -0.1) is 0 Å². The Morgan fingerprint density at radius 1 is 1.32 bits per heavy atom. The molecule has 22 heavy (non-hydrogen) atoms. The quantitative estimate of drug-likeness (QED) is 0.573. The zero-order valence-electron chi connectivity index (χ0n) is 12.1. The summed E-state index contributed by atoms with van der Waals surface area (Å²) in [6.07, 6.45) is 1.70. The van der Waals surface area contributed by atoms with Gasteiger partial charge in [-0.3, -0.25) is 0 Å². The molecule has 1 aromatic carbocycles. The molecule has 0 saturated heterocycles. The summed E-state index contributed by atoms with van der Waals surface area (Å²) in [5, 5.41) is 11.2. The summed E-state index contributed by atoms with van der Waals surface area (Å²) in [7, 11) is 0. The van der Waals surface area contributed by atoms with Crippen LogP contribution in [0.15, 0.2) is 35.4 Å². The number of aromatic nitrogens is 4. The van der Waals surface area contributed by atoms with E-state index < -0.39 is 0 Å². The van der Waals surface area contributed by atoms with Crippen molar-refractivity contribution in [1.82, 2.24) is 19.9 Å². The Hall–Kier alpha value is -2.54. The van der Waals surface area contributed by atoms with E-state index in [2.05, 4.69) is 20.3 Å². The second-order valence-electron chi connectivity index (χ2n) is 4.95. The Bertz CT molecular complexity index is 903. The van der Waals surface area contributed by atoms with Gasteiger partial charge in [0.2, 0.25) is 4.77 Å². The maximum atomic E-state index is 13.4. The number of aromatic amines is 2. The highest BCUT2D eigenvalue weighted by atomic mass is 32.1. The first-order chi connectivity index (χ1) is 10.5. The highest BCUT2D eigenvalue weighted by molar-refractivity contribution is 7.71. The molecule has 0 aliphatic rings. The van der Waals surface area contributed by atoms with Gasteiger partial charge in [-0.25, -0.2) is 9.49 Å². The molecule has 3 rings (SSSR count). The standard InChI is InChI=1S/C15H14FN5S/c1-9-6-12(10(2)18-9)8-17-21-14(19-20-15(21)22)11-4-3-5-13(16)7-11/h3-8,18H,1-2H3,(H,20,22)/b17-8+. The molecule has 0 spiro atoms. The summed E-state index contributed by atoms with van der Waals surface area (Å²) < 4.78 is 15.2. The lowest BCUT2D eigenvalue weighted by atomic mass is 10.2. The van der Waals surface area contributed by atoms with Gasteiger partial charge < -0.3 is 4.98 Å². The third-order valence-electron chi connectivity index (χ3n) is 3.24. The van der Waals surface area contributed by atoms with Crippen LogP contribution >= 0.6 is 12.2 Å². The fourth-order valence-electron chi connectivity index (χ4n) is 2.21. The number of aryl methyl sites for hydroxylation is 2. The first kappa shape index (κ1) is 14.4. The zero-order valence-corrected chi connectivity index (χ0v) is 12.9. The van der Waals surface area contributed by atoms with Gasteiger partial charge in [0, 0.05) is 22.5 Å². The van der Waals surface area contributed by atoms with Crippen molar-refractivity contribution in [3.63, 3.8) is 0 Å². The van der Waals surface area contributed by atoms with Crippen LogP contribution in [0.1, 0.15) is 17.0 Å². The average Bonchev–Trinajstić information content (AvgIpc) is 2.99. The molecule has 0 unspecified atom stereocenters. The van der Waals surface area contributed by atoms with E-state index >= 15 is 0 Å². The maximum absolute atomic E-state index is 13.4. The molecule has 112 valence electrons. The first-order valence-corrected chi connectivity index (χ1v) is 7.09. The van der Waals surface area contributed by atoms with E-state index in [0.29, 0.717) is 16.2 Å². The minimum absolute atomic E-state index is 0.334. The number of benzene rings is 1. The zero-order chi connectivity index (χ0) is 15.7. The van der Waals surface area contributed by atoms with E-state index in [4.69, 9.17) is 12.2 Å². The number of hydrogen-bond acceptors (Lipinski definition) is 3. The van der Waals surface area contributed by atoms with Crippen LogP contribution in [-0.2, 0) is 0 Å². The van der Waals surface area contributed by atoms with Crippen molar-refractivity contribution in [2.75, 3.05) is 0 Å². The summed E-state index contributed by atoms with van der Waals surface area (Å²) in [5.74, 6) is 0.129. The van der Waals surface area contributed by atoms with Crippen LogP contribution in [-0.4, -0.2) is 26.1 Å². The van der Waals surface area contributed by atoms with Crippen LogP contribution in [0, 0.1) is 24.4 Å². The molecular weight excluding hydrogens is 301 g/mol. The number of H-pyrrole nitrogens is 2. The minimum atomic E-state index is -0.334. The van der Waals surface area contributed by atoms with Gasteiger partial charge in [0.1, 0.15) is 5.82 Å². The Kier molecular flexibility index (Phi) is 3.72. The van der Waals surface area contributed by atoms with E-state index in [1.807, 2.05) is 19.9 Å². The van der Waals surface area contributed by atoms with Crippen molar-refractivity contribution in [1.29, 1.82) is 0 Å². The molecule has 3 aromatic rings. The van der Waals surface area contributed by atoms with Crippen molar-refractivity contribution < 1.29 is 4.39 Å². The Morgan fingerprint density at radius 2 is 2.14 bits per heavy atom. The van der Waals surface area contributed by atoms with Crippen molar-refractivity contribution in [3.05, 3.63) is 57.9 Å². The molecule has 0 atom stereocenters. The molecular formula is C15H14FN5S. The van der Waals surface area contributed by atoms with Crippen LogP contribution in [0.4, 0.5) is 4.39 Å². The van der Waals surface area contributed by atoms with Crippen molar-refractivity contribution in [3.8, 4) is 11.4 Å². The topological polar surface area (TPSA) is 61.8 Å². The highest BCUT2D eigenvalue weighted by Gasteiger charge is 2.09. The smallest absolute Gasteiger partial charge is 0.216 e. The SMILES string of the molecule is Cc1cc(/C=N/n2c(-c3cccc(F)c3)n[nH]c2=S)c(C)[nH]1. The van der Waals surface area contributed by atoms with Gasteiger partial charge in [0.05, 0.1) is 6.21 Å². The van der Waals surface area contributed by atoms with Gasteiger partial charge in [0.15, 0.2) is 5.82 Å². The predicted octanol–water partition coefficient (Wildman–Crippen LogP) is 3.57. The van der Waals surface area contributed by atoms with Crippen LogP contribution in [0.3, 0.4) is 0 Å². The fourth-order valence-corrected chi connectivity index (χ4v) is 2.39. The number of hydrogen-bond donors (Lipinski definition) is 2. The molecule has 0 fully saturated rings. The Labute approximate surface area is 131 Å². The second-order valence-corrected chi connectivity index (χ2v) is 5.34. The van der Waals surface area contributed by atoms with Gasteiger partial charge in [-0.1, -0.05) is 12.1 Å². The maximum Gasteiger partial charge on any atom is 0.216 e. The van der Waals surface area contributed by atoms with Gasteiger partial charge in [0.25, 0.3) is 0 Å². The second kappa shape index (κ2) is 5.69. The number of nitrogens with one attached hydrogen (secondary N) is 2. The highest BCUT2D eigenvalue weighted by Crippen LogP contribution is 2.18. The molecule has 0 bridgehead atoms. The molecule has 7 heteroatoms. The molecule has 0 radical (unpaired) electrons. The number of rotatable bonds is 3. The first-order valence-electron chi connectivity index (χ1n) is 6.68. The van der Waals surface area contributed by atoms with Crippen LogP contribution in [0.5, 0.6) is 0 Å². The van der Waals surface area contributed by atoms with Crippen LogP contribution < -0.4 is 0 Å². The number of halogens is 1. The summed E-state index contributed by atoms with van der Waals surface area (Å²) in [6, 6.07) is 8.14. The number of nitrogens with zero attached hydrogens (tertiary/aromatic N) is 3. The van der Waals surface area contributed by atoms with Crippen LogP contribution in [0.25, 0.3) is 11.4 Å². The fraction of sp³-hybridized carbons (Fsp3) is 0.133. The van der Waals surface area contributed by atoms with Crippen molar-refractivity contribution >= 4 is 18.4 Å². The molecule has 2 heterocycles. The Morgan fingerprint density at radius 3 is 2.82 bits per heavy atom. The summed E-state index contributed by atoms with van der Waals surface area (Å²) in [5.41, 5.74) is 3.64. The molecule has 0 amide bonds. The third kappa shape index (κ3) is 2.75. The van der Waals surface area contributed by atoms with Gasteiger partial charge in [-0.2, -0.15) is 14.9 Å². The third-order valence-corrected chi connectivity index (χ3v) is 3.50. The van der Waals surface area contributed by atoms with Crippen LogP contribution in [0.2, 0.25) is 0 Å². The average molecular weight is 315 g/mol. The molecule has 0 aliphatic heterocycles. The monoisotopic (exact) mass is 315 g/mol. The summed E-state index contributed by atoms with van der Waals surface area (Å²) >= 11 is 5.19. The lowest BCUT2D eigenvalue weighted by molar-refractivity contribution is 0.628. The molecule has 2 N–H and O–H groups in total. The molecule has 0 aliphatic carbocycles. The normalized spacial score (nSPS) is 11.4. The Balaban J connectivity index is 2.03. The molecule has 5 nitrogen and oxygen atoms in total. The molecule has 0 saturated carbocycles. The van der Waals surface area contributed by atoms with Crippen molar-refractivity contribution in [2.24, 2.45) is 5.10 Å². The minimum Gasteiger partial charge on any atom is -0.362 e. The summed E-state index contributed by atoms with van der Waals surface area (Å²) in [4.78, 5) is 3.21.